The second-order valence-corrected chi connectivity index (χ2v) is 4.42. The van der Waals surface area contributed by atoms with Crippen LogP contribution in [-0.4, -0.2) is 40.9 Å². The van der Waals surface area contributed by atoms with E-state index in [1.165, 1.54) is 6.20 Å². The van der Waals surface area contributed by atoms with Gasteiger partial charge in [-0.3, -0.25) is 0 Å². The molecule has 0 radical (unpaired) electrons. The van der Waals surface area contributed by atoms with Crippen LogP contribution in [-0.2, 0) is 9.47 Å². The predicted octanol–water partition coefficient (Wildman–Crippen LogP) is 1.39. The van der Waals surface area contributed by atoms with Crippen molar-refractivity contribution >= 4 is 5.97 Å². The number of hydrogen-bond acceptors (Lipinski definition) is 5. The smallest absolute Gasteiger partial charge is 0.339 e. The van der Waals surface area contributed by atoms with Gasteiger partial charge in [-0.1, -0.05) is 13.8 Å². The topological polar surface area (TPSA) is 81.5 Å². The summed E-state index contributed by atoms with van der Waals surface area (Å²) >= 11 is 0. The average Bonchev–Trinajstić information content (AvgIpc) is 2.39. The monoisotopic (exact) mass is 252 g/mol. The van der Waals surface area contributed by atoms with Crippen molar-refractivity contribution in [2.45, 2.75) is 25.9 Å². The highest BCUT2D eigenvalue weighted by atomic mass is 16.6. The maximum absolute atomic E-state index is 11.1. The molecule has 0 spiro atoms. The maximum atomic E-state index is 11.1. The molecule has 0 aromatic carbocycles. The molecule has 1 saturated heterocycles. The quantitative estimate of drug-likeness (QED) is 0.875. The van der Waals surface area contributed by atoms with E-state index in [0.717, 1.165) is 0 Å². The van der Waals surface area contributed by atoms with E-state index in [0.29, 0.717) is 31.3 Å². The zero-order valence-electron chi connectivity index (χ0n) is 10.4. The fraction of sp³-hybridized carbons (Fsp3) is 0.583. The Labute approximate surface area is 105 Å². The second-order valence-electron chi connectivity index (χ2n) is 4.42. The van der Waals surface area contributed by atoms with E-state index >= 15 is 0 Å². The molecular formula is C12H16N2O4. The van der Waals surface area contributed by atoms with Crippen LogP contribution < -0.4 is 0 Å². The van der Waals surface area contributed by atoms with Crippen LogP contribution in [0.4, 0.5) is 0 Å². The predicted molar refractivity (Wildman–Crippen MR) is 62.6 cm³/mol. The molecule has 18 heavy (non-hydrogen) atoms. The van der Waals surface area contributed by atoms with Crippen LogP contribution in [0.1, 0.15) is 47.7 Å². The molecular weight excluding hydrogens is 236 g/mol. The van der Waals surface area contributed by atoms with Crippen molar-refractivity contribution in [3.8, 4) is 0 Å². The third kappa shape index (κ3) is 2.65. The molecule has 1 aliphatic heterocycles. The Kier molecular flexibility index (Phi) is 3.88. The van der Waals surface area contributed by atoms with E-state index in [4.69, 9.17) is 14.6 Å². The normalized spacial score (nSPS) is 20.1. The average molecular weight is 252 g/mol. The number of rotatable bonds is 3. The molecule has 1 aliphatic rings. The summed E-state index contributed by atoms with van der Waals surface area (Å²) in [7, 11) is 0. The van der Waals surface area contributed by atoms with Gasteiger partial charge in [0, 0.05) is 6.20 Å². The van der Waals surface area contributed by atoms with Gasteiger partial charge in [0.05, 0.1) is 31.1 Å². The first kappa shape index (κ1) is 12.9. The van der Waals surface area contributed by atoms with Crippen molar-refractivity contribution in [2.75, 3.05) is 19.8 Å². The van der Waals surface area contributed by atoms with Crippen molar-refractivity contribution in [1.82, 2.24) is 9.97 Å². The van der Waals surface area contributed by atoms with Crippen LogP contribution in [0.15, 0.2) is 6.20 Å². The standard InChI is InChI=1S/C12H16N2O4/c1-7(2)10-8(12(15)16)5-13-11(14-10)9-6-17-3-4-18-9/h5,7,9H,3-4,6H2,1-2H3,(H,15,16). The Bertz CT molecular complexity index is 442. The van der Waals surface area contributed by atoms with Crippen molar-refractivity contribution in [3.05, 3.63) is 23.3 Å². The van der Waals surface area contributed by atoms with Gasteiger partial charge in [0.1, 0.15) is 6.10 Å². The summed E-state index contributed by atoms with van der Waals surface area (Å²) in [4.78, 5) is 19.5. The van der Waals surface area contributed by atoms with E-state index in [1.54, 1.807) is 0 Å². The number of ether oxygens (including phenoxy) is 2. The third-order valence-corrected chi connectivity index (χ3v) is 2.72. The summed E-state index contributed by atoms with van der Waals surface area (Å²) < 4.78 is 10.8. The summed E-state index contributed by atoms with van der Waals surface area (Å²) in [6.07, 6.45) is 1.04. The van der Waals surface area contributed by atoms with E-state index in [-0.39, 0.29) is 17.6 Å². The maximum Gasteiger partial charge on any atom is 0.339 e. The Morgan fingerprint density at radius 2 is 2.28 bits per heavy atom. The Morgan fingerprint density at radius 1 is 1.50 bits per heavy atom. The number of carbonyl (C=O) groups is 1. The molecule has 0 saturated carbocycles. The first-order valence-corrected chi connectivity index (χ1v) is 5.89. The van der Waals surface area contributed by atoms with Gasteiger partial charge in [-0.25, -0.2) is 14.8 Å². The molecule has 1 N–H and O–H groups in total. The van der Waals surface area contributed by atoms with Crippen LogP contribution in [0, 0.1) is 0 Å². The minimum Gasteiger partial charge on any atom is -0.478 e. The third-order valence-electron chi connectivity index (χ3n) is 2.72. The second kappa shape index (κ2) is 5.41. The highest BCUT2D eigenvalue weighted by Crippen LogP contribution is 2.22. The Morgan fingerprint density at radius 3 is 2.83 bits per heavy atom. The largest absolute Gasteiger partial charge is 0.478 e. The highest BCUT2D eigenvalue weighted by molar-refractivity contribution is 5.88. The molecule has 0 bridgehead atoms. The van der Waals surface area contributed by atoms with Gasteiger partial charge < -0.3 is 14.6 Å². The molecule has 1 fully saturated rings. The van der Waals surface area contributed by atoms with E-state index in [1.807, 2.05) is 13.8 Å². The van der Waals surface area contributed by atoms with Gasteiger partial charge in [0.15, 0.2) is 5.82 Å². The number of aromatic nitrogens is 2. The number of carboxylic acids is 1. The lowest BCUT2D eigenvalue weighted by molar-refractivity contribution is -0.0936. The minimum atomic E-state index is -1.01. The minimum absolute atomic E-state index is 0.0161. The summed E-state index contributed by atoms with van der Waals surface area (Å²) in [6, 6.07) is 0. The summed E-state index contributed by atoms with van der Waals surface area (Å²) in [5.41, 5.74) is 0.673. The van der Waals surface area contributed by atoms with Gasteiger partial charge in [-0.15, -0.1) is 0 Å². The highest BCUT2D eigenvalue weighted by Gasteiger charge is 2.23. The van der Waals surface area contributed by atoms with Gasteiger partial charge in [0.2, 0.25) is 0 Å². The molecule has 2 rings (SSSR count). The van der Waals surface area contributed by atoms with E-state index in [9.17, 15) is 4.79 Å². The number of carboxylic acid groups (broad SMARTS) is 1. The zero-order valence-corrected chi connectivity index (χ0v) is 10.4. The fourth-order valence-corrected chi connectivity index (χ4v) is 1.81. The van der Waals surface area contributed by atoms with Crippen LogP contribution >= 0.6 is 0 Å². The molecule has 1 aromatic heterocycles. The number of nitrogens with zero attached hydrogens (tertiary/aromatic N) is 2. The molecule has 1 unspecified atom stereocenters. The number of aromatic carboxylic acids is 1. The van der Waals surface area contributed by atoms with E-state index < -0.39 is 5.97 Å². The molecule has 1 atom stereocenters. The molecule has 2 heterocycles. The van der Waals surface area contributed by atoms with Crippen molar-refractivity contribution in [3.63, 3.8) is 0 Å². The SMILES string of the molecule is CC(C)c1nc(C2COCCO2)ncc1C(=O)O. The van der Waals surface area contributed by atoms with Gasteiger partial charge >= 0.3 is 5.97 Å². The van der Waals surface area contributed by atoms with Crippen LogP contribution in [0.5, 0.6) is 0 Å². The van der Waals surface area contributed by atoms with Crippen molar-refractivity contribution < 1.29 is 19.4 Å². The Balaban J connectivity index is 2.33. The first-order chi connectivity index (χ1) is 8.59. The van der Waals surface area contributed by atoms with Gasteiger partial charge in [-0.05, 0) is 5.92 Å². The first-order valence-electron chi connectivity index (χ1n) is 5.89. The summed E-state index contributed by atoms with van der Waals surface area (Å²) in [5, 5.41) is 9.08. The molecule has 98 valence electrons. The van der Waals surface area contributed by atoms with Gasteiger partial charge in [0.25, 0.3) is 0 Å². The molecule has 1 aromatic rings. The number of hydrogen-bond donors (Lipinski definition) is 1. The molecule has 6 nitrogen and oxygen atoms in total. The van der Waals surface area contributed by atoms with Gasteiger partial charge in [-0.2, -0.15) is 0 Å². The summed E-state index contributed by atoms with van der Waals surface area (Å²) in [5.74, 6) is -0.503. The van der Waals surface area contributed by atoms with Crippen LogP contribution in [0.3, 0.4) is 0 Å². The van der Waals surface area contributed by atoms with E-state index in [2.05, 4.69) is 9.97 Å². The molecule has 0 aliphatic carbocycles. The lowest BCUT2D eigenvalue weighted by Gasteiger charge is -2.22. The Hall–Kier alpha value is -1.53. The molecule has 6 heteroatoms. The zero-order chi connectivity index (χ0) is 13.1. The lowest BCUT2D eigenvalue weighted by Crippen LogP contribution is -2.24. The van der Waals surface area contributed by atoms with Crippen LogP contribution in [0.25, 0.3) is 0 Å². The van der Waals surface area contributed by atoms with Crippen molar-refractivity contribution in [1.29, 1.82) is 0 Å². The molecule has 0 amide bonds. The lowest BCUT2D eigenvalue weighted by atomic mass is 10.1. The van der Waals surface area contributed by atoms with Crippen LogP contribution in [0.2, 0.25) is 0 Å². The summed E-state index contributed by atoms with van der Waals surface area (Å²) in [6.45, 7) is 5.28. The fourth-order valence-electron chi connectivity index (χ4n) is 1.81. The van der Waals surface area contributed by atoms with Crippen molar-refractivity contribution in [2.24, 2.45) is 0 Å².